The number of ether oxygens (including phenoxy) is 1. The van der Waals surface area contributed by atoms with Crippen molar-refractivity contribution in [1.29, 1.82) is 0 Å². The number of hydrogen-bond donors (Lipinski definition) is 2. The SMILES string of the molecule is CCc1c(O)n(CCCOCC(C)C)c(=O)[nH]c1=O. The van der Waals surface area contributed by atoms with Crippen LogP contribution in [-0.4, -0.2) is 27.9 Å². The highest BCUT2D eigenvalue weighted by Gasteiger charge is 2.11. The van der Waals surface area contributed by atoms with Crippen LogP contribution in [0.5, 0.6) is 5.88 Å². The molecule has 19 heavy (non-hydrogen) atoms. The molecule has 2 N–H and O–H groups in total. The van der Waals surface area contributed by atoms with Gasteiger partial charge in [0.05, 0.1) is 5.56 Å². The van der Waals surface area contributed by atoms with Crippen LogP contribution < -0.4 is 11.2 Å². The zero-order valence-corrected chi connectivity index (χ0v) is 11.7. The summed E-state index contributed by atoms with van der Waals surface area (Å²) in [6.45, 7) is 7.40. The largest absolute Gasteiger partial charge is 0.494 e. The van der Waals surface area contributed by atoms with Crippen LogP contribution in [0.3, 0.4) is 0 Å². The molecule has 1 heterocycles. The summed E-state index contributed by atoms with van der Waals surface area (Å²) in [5, 5.41) is 9.90. The first-order valence-corrected chi connectivity index (χ1v) is 6.60. The van der Waals surface area contributed by atoms with Gasteiger partial charge in [-0.3, -0.25) is 14.3 Å². The normalized spacial score (nSPS) is 11.2. The van der Waals surface area contributed by atoms with Gasteiger partial charge in [0.2, 0.25) is 5.88 Å². The number of aromatic hydroxyl groups is 1. The molecule has 1 aromatic rings. The maximum absolute atomic E-state index is 11.6. The molecule has 6 heteroatoms. The number of hydrogen-bond acceptors (Lipinski definition) is 4. The molecule has 0 amide bonds. The van der Waals surface area contributed by atoms with E-state index < -0.39 is 11.2 Å². The lowest BCUT2D eigenvalue weighted by Gasteiger charge is -2.11. The molecule has 0 unspecified atom stereocenters. The Labute approximate surface area is 112 Å². The standard InChI is InChI=1S/C13H22N2O4/c1-4-10-11(16)14-13(18)15(12(10)17)6-5-7-19-8-9(2)3/h9,17H,4-8H2,1-3H3,(H,14,16,18). The lowest BCUT2D eigenvalue weighted by molar-refractivity contribution is 0.104. The summed E-state index contributed by atoms with van der Waals surface area (Å²) in [5.41, 5.74) is -0.858. The summed E-state index contributed by atoms with van der Waals surface area (Å²) in [7, 11) is 0. The molecule has 0 bridgehead atoms. The number of aromatic amines is 1. The Kier molecular flexibility index (Phi) is 5.82. The summed E-state index contributed by atoms with van der Waals surface area (Å²) >= 11 is 0. The van der Waals surface area contributed by atoms with Crippen LogP contribution in [-0.2, 0) is 17.7 Å². The zero-order valence-electron chi connectivity index (χ0n) is 11.7. The van der Waals surface area contributed by atoms with E-state index in [-0.39, 0.29) is 11.4 Å². The van der Waals surface area contributed by atoms with E-state index in [2.05, 4.69) is 18.8 Å². The second-order valence-corrected chi connectivity index (χ2v) is 4.89. The van der Waals surface area contributed by atoms with Crippen molar-refractivity contribution in [2.75, 3.05) is 13.2 Å². The third kappa shape index (κ3) is 4.24. The molecule has 0 spiro atoms. The number of nitrogens with zero attached hydrogens (tertiary/aromatic N) is 1. The van der Waals surface area contributed by atoms with Crippen molar-refractivity contribution >= 4 is 0 Å². The van der Waals surface area contributed by atoms with Gasteiger partial charge in [-0.2, -0.15) is 0 Å². The van der Waals surface area contributed by atoms with Crippen LogP contribution in [0.1, 0.15) is 32.8 Å². The van der Waals surface area contributed by atoms with Gasteiger partial charge in [0.15, 0.2) is 0 Å². The van der Waals surface area contributed by atoms with Gasteiger partial charge >= 0.3 is 5.69 Å². The Hall–Kier alpha value is -1.56. The fraction of sp³-hybridized carbons (Fsp3) is 0.692. The molecule has 1 rings (SSSR count). The Morgan fingerprint density at radius 1 is 1.37 bits per heavy atom. The molecule has 0 aromatic carbocycles. The van der Waals surface area contributed by atoms with Gasteiger partial charge < -0.3 is 9.84 Å². The van der Waals surface area contributed by atoms with E-state index in [0.29, 0.717) is 38.5 Å². The Balaban J connectivity index is 2.69. The van der Waals surface area contributed by atoms with Crippen molar-refractivity contribution in [3.63, 3.8) is 0 Å². The lowest BCUT2D eigenvalue weighted by Crippen LogP contribution is -2.32. The average molecular weight is 270 g/mol. The van der Waals surface area contributed by atoms with Gasteiger partial charge in [0, 0.05) is 19.8 Å². The van der Waals surface area contributed by atoms with Crippen molar-refractivity contribution in [2.24, 2.45) is 5.92 Å². The van der Waals surface area contributed by atoms with Crippen LogP contribution in [0, 0.1) is 5.92 Å². The molecule has 0 aliphatic heterocycles. The van der Waals surface area contributed by atoms with Gasteiger partial charge in [0.25, 0.3) is 5.56 Å². The van der Waals surface area contributed by atoms with E-state index in [1.54, 1.807) is 6.92 Å². The highest BCUT2D eigenvalue weighted by atomic mass is 16.5. The van der Waals surface area contributed by atoms with Crippen molar-refractivity contribution in [1.82, 2.24) is 9.55 Å². The van der Waals surface area contributed by atoms with Crippen LogP contribution in [0.25, 0.3) is 0 Å². The summed E-state index contributed by atoms with van der Waals surface area (Å²) in [6, 6.07) is 0. The maximum atomic E-state index is 11.6. The molecule has 0 fully saturated rings. The van der Waals surface area contributed by atoms with Crippen molar-refractivity contribution in [2.45, 2.75) is 40.2 Å². The van der Waals surface area contributed by atoms with Crippen molar-refractivity contribution < 1.29 is 9.84 Å². The first kappa shape index (κ1) is 15.5. The van der Waals surface area contributed by atoms with E-state index in [9.17, 15) is 14.7 Å². The minimum atomic E-state index is -0.580. The molecular weight excluding hydrogens is 248 g/mol. The first-order valence-electron chi connectivity index (χ1n) is 6.60. The van der Waals surface area contributed by atoms with Crippen LogP contribution in [0.2, 0.25) is 0 Å². The van der Waals surface area contributed by atoms with Crippen LogP contribution in [0.15, 0.2) is 9.59 Å². The first-order chi connectivity index (χ1) is 8.97. The van der Waals surface area contributed by atoms with E-state index in [4.69, 9.17) is 4.74 Å². The van der Waals surface area contributed by atoms with Crippen LogP contribution >= 0.6 is 0 Å². The summed E-state index contributed by atoms with van der Waals surface area (Å²) in [6.07, 6.45) is 0.987. The van der Waals surface area contributed by atoms with Gasteiger partial charge in [-0.05, 0) is 18.8 Å². The topological polar surface area (TPSA) is 84.3 Å². The van der Waals surface area contributed by atoms with Crippen molar-refractivity contribution in [3.05, 3.63) is 26.4 Å². The summed E-state index contributed by atoms with van der Waals surface area (Å²) in [4.78, 5) is 25.3. The third-order valence-electron chi connectivity index (χ3n) is 2.74. The molecule has 1 aromatic heterocycles. The average Bonchev–Trinajstić information content (AvgIpc) is 2.32. The summed E-state index contributed by atoms with van der Waals surface area (Å²) < 4.78 is 6.59. The fourth-order valence-electron chi connectivity index (χ4n) is 1.77. The highest BCUT2D eigenvalue weighted by molar-refractivity contribution is 5.22. The van der Waals surface area contributed by atoms with E-state index in [1.807, 2.05) is 0 Å². The molecule has 6 nitrogen and oxygen atoms in total. The highest BCUT2D eigenvalue weighted by Crippen LogP contribution is 2.10. The number of rotatable bonds is 7. The molecule has 0 radical (unpaired) electrons. The van der Waals surface area contributed by atoms with Gasteiger partial charge in [-0.15, -0.1) is 0 Å². The minimum absolute atomic E-state index is 0.236. The lowest BCUT2D eigenvalue weighted by atomic mass is 10.2. The van der Waals surface area contributed by atoms with Gasteiger partial charge in [-0.25, -0.2) is 4.79 Å². The molecule has 0 atom stereocenters. The van der Waals surface area contributed by atoms with Crippen molar-refractivity contribution in [3.8, 4) is 5.88 Å². The Morgan fingerprint density at radius 3 is 2.63 bits per heavy atom. The van der Waals surface area contributed by atoms with Gasteiger partial charge in [0.1, 0.15) is 0 Å². The Morgan fingerprint density at radius 2 is 2.05 bits per heavy atom. The quantitative estimate of drug-likeness (QED) is 0.720. The molecule has 0 aliphatic rings. The molecule has 0 saturated carbocycles. The van der Waals surface area contributed by atoms with E-state index >= 15 is 0 Å². The van der Waals surface area contributed by atoms with E-state index in [1.165, 1.54) is 4.57 Å². The predicted molar refractivity (Wildman–Crippen MR) is 72.6 cm³/mol. The fourth-order valence-corrected chi connectivity index (χ4v) is 1.77. The number of H-pyrrole nitrogens is 1. The molecule has 0 aliphatic carbocycles. The number of aromatic nitrogens is 2. The molecule has 108 valence electrons. The monoisotopic (exact) mass is 270 g/mol. The predicted octanol–water partition coefficient (Wildman–Crippen LogP) is 0.867. The Bertz CT molecular complexity index is 516. The van der Waals surface area contributed by atoms with Crippen LogP contribution in [0.4, 0.5) is 0 Å². The summed E-state index contributed by atoms with van der Waals surface area (Å²) in [5.74, 6) is 0.232. The second-order valence-electron chi connectivity index (χ2n) is 4.89. The minimum Gasteiger partial charge on any atom is -0.494 e. The molecule has 0 saturated heterocycles. The van der Waals surface area contributed by atoms with Gasteiger partial charge in [-0.1, -0.05) is 20.8 Å². The maximum Gasteiger partial charge on any atom is 0.331 e. The van der Waals surface area contributed by atoms with E-state index in [0.717, 1.165) is 0 Å². The smallest absolute Gasteiger partial charge is 0.331 e. The second kappa shape index (κ2) is 7.13. The zero-order chi connectivity index (χ0) is 14.4. The number of nitrogens with one attached hydrogen (secondary N) is 1. The third-order valence-corrected chi connectivity index (χ3v) is 2.74. The molecular formula is C13H22N2O4.